The second kappa shape index (κ2) is 5.99. The van der Waals surface area contributed by atoms with Gasteiger partial charge < -0.3 is 10.5 Å². The predicted octanol–water partition coefficient (Wildman–Crippen LogP) is 0.955. The molecule has 0 amide bonds. The van der Waals surface area contributed by atoms with Gasteiger partial charge in [-0.2, -0.15) is 9.61 Å². The molecule has 0 fully saturated rings. The zero-order valence-corrected chi connectivity index (χ0v) is 13.6. The first-order valence-electron chi connectivity index (χ1n) is 7.76. The molecule has 2 N–H and O–H groups in total. The molecule has 4 aromatic rings. The van der Waals surface area contributed by atoms with Crippen LogP contribution in [0.1, 0.15) is 11.3 Å². The van der Waals surface area contributed by atoms with E-state index in [-0.39, 0.29) is 5.69 Å². The van der Waals surface area contributed by atoms with Crippen LogP contribution in [0.15, 0.2) is 47.5 Å². The smallest absolute Gasteiger partial charge is 0.352 e. The third-order valence-electron chi connectivity index (χ3n) is 4.10. The Kier molecular flexibility index (Phi) is 3.66. The van der Waals surface area contributed by atoms with Gasteiger partial charge in [-0.25, -0.2) is 14.8 Å². The van der Waals surface area contributed by atoms with Gasteiger partial charge in [0.15, 0.2) is 5.65 Å². The fourth-order valence-electron chi connectivity index (χ4n) is 2.81. The Morgan fingerprint density at radius 2 is 1.92 bits per heavy atom. The van der Waals surface area contributed by atoms with E-state index in [4.69, 9.17) is 10.5 Å². The van der Waals surface area contributed by atoms with E-state index in [1.807, 2.05) is 36.4 Å². The Balaban J connectivity index is 1.95. The number of methoxy groups -OCH3 is 1. The minimum Gasteiger partial charge on any atom is -0.497 e. The van der Waals surface area contributed by atoms with Crippen molar-refractivity contribution in [1.82, 2.24) is 24.1 Å². The maximum Gasteiger partial charge on any atom is 0.352 e. The Hall–Kier alpha value is -3.26. The molecule has 0 saturated carbocycles. The molecule has 0 radical (unpaired) electrons. The molecule has 3 heterocycles. The Labute approximate surface area is 142 Å². The maximum atomic E-state index is 12.9. The van der Waals surface area contributed by atoms with Crippen molar-refractivity contribution in [3.63, 3.8) is 0 Å². The van der Waals surface area contributed by atoms with Gasteiger partial charge in [0.2, 0.25) is 0 Å². The topological polar surface area (TPSA) is 100 Å². The number of hydrogen-bond acceptors (Lipinski definition) is 6. The van der Waals surface area contributed by atoms with Crippen molar-refractivity contribution in [2.45, 2.75) is 13.1 Å². The van der Waals surface area contributed by atoms with E-state index in [2.05, 4.69) is 15.1 Å². The van der Waals surface area contributed by atoms with Crippen LogP contribution in [0.4, 0.5) is 0 Å². The van der Waals surface area contributed by atoms with Gasteiger partial charge in [0, 0.05) is 6.54 Å². The van der Waals surface area contributed by atoms with E-state index in [1.165, 1.54) is 10.8 Å². The molecule has 8 nitrogen and oxygen atoms in total. The van der Waals surface area contributed by atoms with Gasteiger partial charge in [0.05, 0.1) is 24.7 Å². The molecule has 0 aliphatic rings. The summed E-state index contributed by atoms with van der Waals surface area (Å²) in [6, 6.07) is 11.2. The number of rotatable bonds is 4. The average molecular weight is 336 g/mol. The lowest BCUT2D eigenvalue weighted by Gasteiger charge is -2.11. The molecule has 3 aromatic heterocycles. The van der Waals surface area contributed by atoms with Crippen molar-refractivity contribution < 1.29 is 4.74 Å². The number of hydrogen-bond donors (Lipinski definition) is 1. The third-order valence-corrected chi connectivity index (χ3v) is 4.10. The number of ether oxygens (including phenoxy) is 1. The van der Waals surface area contributed by atoms with Crippen LogP contribution < -0.4 is 16.2 Å². The van der Waals surface area contributed by atoms with Gasteiger partial charge in [-0.05, 0) is 29.8 Å². The van der Waals surface area contributed by atoms with Gasteiger partial charge >= 0.3 is 5.69 Å². The van der Waals surface area contributed by atoms with E-state index in [0.29, 0.717) is 30.1 Å². The third kappa shape index (κ3) is 2.52. The van der Waals surface area contributed by atoms with Gasteiger partial charge in [0.1, 0.15) is 17.7 Å². The van der Waals surface area contributed by atoms with Crippen molar-refractivity contribution in [2.24, 2.45) is 5.73 Å². The van der Waals surface area contributed by atoms with Crippen molar-refractivity contribution in [1.29, 1.82) is 0 Å². The fraction of sp³-hybridized carbons (Fsp3) is 0.176. The van der Waals surface area contributed by atoms with E-state index >= 15 is 0 Å². The summed E-state index contributed by atoms with van der Waals surface area (Å²) in [5, 5.41) is 4.79. The Morgan fingerprint density at radius 1 is 1.12 bits per heavy atom. The lowest BCUT2D eigenvalue weighted by Crippen LogP contribution is -2.29. The molecule has 1 aromatic carbocycles. The summed E-state index contributed by atoms with van der Waals surface area (Å²) < 4.78 is 8.04. The fourth-order valence-corrected chi connectivity index (χ4v) is 2.81. The highest BCUT2D eigenvalue weighted by Gasteiger charge is 2.14. The lowest BCUT2D eigenvalue weighted by atomic mass is 10.2. The maximum absolute atomic E-state index is 12.9. The Morgan fingerprint density at radius 3 is 2.64 bits per heavy atom. The van der Waals surface area contributed by atoms with Crippen LogP contribution in [0.2, 0.25) is 0 Å². The van der Waals surface area contributed by atoms with Crippen LogP contribution >= 0.6 is 0 Å². The molecule has 0 saturated heterocycles. The molecule has 25 heavy (non-hydrogen) atoms. The molecule has 0 aliphatic heterocycles. The first-order valence-corrected chi connectivity index (χ1v) is 7.76. The summed E-state index contributed by atoms with van der Waals surface area (Å²) >= 11 is 0. The van der Waals surface area contributed by atoms with E-state index in [0.717, 1.165) is 16.7 Å². The second-order valence-corrected chi connectivity index (χ2v) is 5.59. The van der Waals surface area contributed by atoms with Gasteiger partial charge in [-0.3, -0.25) is 4.57 Å². The van der Waals surface area contributed by atoms with Crippen LogP contribution in [0.3, 0.4) is 0 Å². The standard InChI is InChI=1S/C17H16N6O2/c1-25-13-5-2-11(3-6-13)9-22-16-14(7-4-12(8-18)21-16)15-19-10-20-23(15)17(22)24/h2-7,10H,8-9,18H2,1H3. The summed E-state index contributed by atoms with van der Waals surface area (Å²) in [6.07, 6.45) is 1.37. The van der Waals surface area contributed by atoms with Crippen molar-refractivity contribution in [3.8, 4) is 5.75 Å². The number of nitrogens with two attached hydrogens (primary N) is 1. The average Bonchev–Trinajstić information content (AvgIpc) is 3.15. The number of nitrogens with zero attached hydrogens (tertiary/aromatic N) is 5. The Bertz CT molecular complexity index is 1110. The molecular weight excluding hydrogens is 320 g/mol. The molecule has 0 atom stereocenters. The first-order chi connectivity index (χ1) is 12.2. The number of aromatic nitrogens is 5. The molecule has 0 unspecified atom stereocenters. The van der Waals surface area contributed by atoms with E-state index < -0.39 is 0 Å². The minimum atomic E-state index is -0.294. The largest absolute Gasteiger partial charge is 0.497 e. The summed E-state index contributed by atoms with van der Waals surface area (Å²) in [7, 11) is 1.62. The van der Waals surface area contributed by atoms with E-state index in [1.54, 1.807) is 11.7 Å². The quantitative estimate of drug-likeness (QED) is 0.596. The van der Waals surface area contributed by atoms with Crippen LogP contribution in [-0.2, 0) is 13.1 Å². The molecule has 8 heteroatoms. The monoisotopic (exact) mass is 336 g/mol. The summed E-state index contributed by atoms with van der Waals surface area (Å²) in [6.45, 7) is 0.653. The zero-order valence-electron chi connectivity index (χ0n) is 13.6. The van der Waals surface area contributed by atoms with Crippen molar-refractivity contribution >= 4 is 16.7 Å². The van der Waals surface area contributed by atoms with E-state index in [9.17, 15) is 4.79 Å². The van der Waals surface area contributed by atoms with Gasteiger partial charge in [0.25, 0.3) is 0 Å². The van der Waals surface area contributed by atoms with Crippen molar-refractivity contribution in [2.75, 3.05) is 7.11 Å². The van der Waals surface area contributed by atoms with Crippen LogP contribution in [0, 0.1) is 0 Å². The SMILES string of the molecule is COc1ccc(Cn2c(=O)n3ncnc3c3ccc(CN)nc32)cc1. The lowest BCUT2D eigenvalue weighted by molar-refractivity contribution is 0.414. The second-order valence-electron chi connectivity index (χ2n) is 5.59. The number of pyridine rings is 1. The highest BCUT2D eigenvalue weighted by Crippen LogP contribution is 2.17. The van der Waals surface area contributed by atoms with Gasteiger partial charge in [-0.1, -0.05) is 12.1 Å². The molecule has 126 valence electrons. The first kappa shape index (κ1) is 15.3. The normalized spacial score (nSPS) is 11.3. The number of fused-ring (bicyclic) bond motifs is 3. The van der Waals surface area contributed by atoms with Crippen LogP contribution in [0.5, 0.6) is 5.75 Å². The molecule has 0 aliphatic carbocycles. The van der Waals surface area contributed by atoms with Gasteiger partial charge in [-0.15, -0.1) is 0 Å². The van der Waals surface area contributed by atoms with Crippen LogP contribution in [-0.4, -0.2) is 31.3 Å². The highest BCUT2D eigenvalue weighted by molar-refractivity contribution is 5.88. The zero-order chi connectivity index (χ0) is 17.4. The highest BCUT2D eigenvalue weighted by atomic mass is 16.5. The van der Waals surface area contributed by atoms with Crippen molar-refractivity contribution in [3.05, 3.63) is 64.5 Å². The summed E-state index contributed by atoms with van der Waals surface area (Å²) in [4.78, 5) is 21.6. The summed E-state index contributed by atoms with van der Waals surface area (Å²) in [5.41, 5.74) is 8.10. The predicted molar refractivity (Wildman–Crippen MR) is 92.5 cm³/mol. The summed E-state index contributed by atoms with van der Waals surface area (Å²) in [5.74, 6) is 0.760. The number of benzene rings is 1. The molecule has 4 rings (SSSR count). The minimum absolute atomic E-state index is 0.294. The molecular formula is C17H16N6O2. The molecule has 0 bridgehead atoms. The van der Waals surface area contributed by atoms with Crippen LogP contribution in [0.25, 0.3) is 16.7 Å². The molecule has 0 spiro atoms.